The number of nitrogens with two attached hydrogens (primary N) is 2. The van der Waals surface area contributed by atoms with Gasteiger partial charge in [-0.25, -0.2) is 0 Å². The molecule has 2 aromatic rings. The Morgan fingerprint density at radius 3 is 1.72 bits per heavy atom. The van der Waals surface area contributed by atoms with Crippen molar-refractivity contribution in [1.82, 2.24) is 0 Å². The molecule has 92 valence electrons. The summed E-state index contributed by atoms with van der Waals surface area (Å²) in [6.07, 6.45) is 0. The topological polar surface area (TPSA) is 64.1 Å². The van der Waals surface area contributed by atoms with Crippen LogP contribution < -0.4 is 16.8 Å². The maximum Gasteiger partial charge on any atom is 0.0663 e. The molecule has 0 radical (unpaired) electrons. The summed E-state index contributed by atoms with van der Waals surface area (Å²) < 4.78 is 2.27. The largest absolute Gasteiger partial charge is 0.399 e. The number of anilines is 4. The summed E-state index contributed by atoms with van der Waals surface area (Å²) in [5, 5.41) is 3.48. The Bertz CT molecular complexity index is 603. The predicted octanol–water partition coefficient (Wildman–Crippen LogP) is 4.27. The summed E-state index contributed by atoms with van der Waals surface area (Å²) >= 11 is 6.31. The fourth-order valence-electron chi connectivity index (χ4n) is 1.85. The maximum atomic E-state index is 5.89. The van der Waals surface area contributed by atoms with E-state index in [1.807, 2.05) is 24.3 Å². The lowest BCUT2D eigenvalue weighted by molar-refractivity contribution is 1.29. The first kappa shape index (κ1) is 12.7. The Labute approximate surface area is 136 Å². The highest BCUT2D eigenvalue weighted by molar-refractivity contribution is 14.1. The Kier molecular flexibility index (Phi) is 3.27. The molecule has 0 unspecified atom stereocenters. The second-order valence-corrected chi connectivity index (χ2v) is 7.39. The summed E-state index contributed by atoms with van der Waals surface area (Å²) in [6, 6.07) is 7.94. The third kappa shape index (κ3) is 2.14. The van der Waals surface area contributed by atoms with E-state index in [2.05, 4.69) is 50.5 Å². The molecule has 0 amide bonds. The first-order valence-electron chi connectivity index (χ1n) is 5.17. The molecule has 0 aromatic heterocycles. The van der Waals surface area contributed by atoms with Gasteiger partial charge in [-0.05, 0) is 69.4 Å². The van der Waals surface area contributed by atoms with Gasteiger partial charge in [-0.15, -0.1) is 0 Å². The van der Waals surface area contributed by atoms with Crippen molar-refractivity contribution in [3.63, 3.8) is 0 Å². The summed E-state index contributed by atoms with van der Waals surface area (Å²) in [7, 11) is 0. The Morgan fingerprint density at radius 1 is 0.833 bits per heavy atom. The lowest BCUT2D eigenvalue weighted by Crippen LogP contribution is -2.05. The molecule has 3 rings (SSSR count). The van der Waals surface area contributed by atoms with Crippen molar-refractivity contribution < 1.29 is 0 Å². The number of fused-ring (bicyclic) bond motifs is 2. The third-order valence-corrected chi connectivity index (χ3v) is 5.41. The van der Waals surface area contributed by atoms with E-state index in [4.69, 9.17) is 11.5 Å². The first-order chi connectivity index (χ1) is 8.54. The minimum Gasteiger partial charge on any atom is -0.399 e. The third-order valence-electron chi connectivity index (χ3n) is 2.62. The van der Waals surface area contributed by atoms with Crippen LogP contribution in [0.25, 0.3) is 0 Å². The van der Waals surface area contributed by atoms with Crippen molar-refractivity contribution in [3.05, 3.63) is 31.4 Å². The van der Waals surface area contributed by atoms with Crippen LogP contribution in [0.5, 0.6) is 0 Å². The Balaban J connectivity index is 2.18. The molecule has 0 fully saturated rings. The molecule has 0 bridgehead atoms. The predicted molar refractivity (Wildman–Crippen MR) is 94.5 cm³/mol. The Morgan fingerprint density at radius 2 is 1.28 bits per heavy atom. The number of benzene rings is 2. The van der Waals surface area contributed by atoms with E-state index in [0.717, 1.165) is 39.7 Å². The van der Waals surface area contributed by atoms with Crippen molar-refractivity contribution >= 4 is 79.7 Å². The van der Waals surface area contributed by atoms with Crippen LogP contribution in [0, 0.1) is 7.14 Å². The number of hydrogen-bond acceptors (Lipinski definition) is 4. The van der Waals surface area contributed by atoms with Crippen LogP contribution in [0.15, 0.2) is 34.1 Å². The van der Waals surface area contributed by atoms with Crippen molar-refractivity contribution in [3.8, 4) is 0 Å². The highest BCUT2D eigenvalue weighted by Crippen LogP contribution is 2.48. The fourth-order valence-corrected chi connectivity index (χ4v) is 4.94. The molecule has 18 heavy (non-hydrogen) atoms. The average molecular weight is 481 g/mol. The number of halogens is 2. The molecule has 0 saturated heterocycles. The van der Waals surface area contributed by atoms with Gasteiger partial charge in [0.1, 0.15) is 0 Å². The second kappa shape index (κ2) is 4.64. The van der Waals surface area contributed by atoms with Gasteiger partial charge in [0.2, 0.25) is 0 Å². The van der Waals surface area contributed by atoms with Crippen LogP contribution in [0.2, 0.25) is 0 Å². The zero-order valence-electron chi connectivity index (χ0n) is 9.13. The van der Waals surface area contributed by atoms with Crippen molar-refractivity contribution in [2.75, 3.05) is 16.8 Å². The van der Waals surface area contributed by atoms with Crippen LogP contribution in [-0.4, -0.2) is 0 Å². The van der Waals surface area contributed by atoms with Gasteiger partial charge in [0, 0.05) is 28.3 Å². The van der Waals surface area contributed by atoms with Gasteiger partial charge in [-0.2, -0.15) is 0 Å². The molecule has 6 heteroatoms. The molecule has 3 nitrogen and oxygen atoms in total. The summed E-state index contributed by atoms with van der Waals surface area (Å²) in [4.78, 5) is 2.29. The van der Waals surface area contributed by atoms with Gasteiger partial charge in [0.05, 0.1) is 11.4 Å². The zero-order valence-corrected chi connectivity index (χ0v) is 14.3. The highest BCUT2D eigenvalue weighted by Gasteiger charge is 2.20. The van der Waals surface area contributed by atoms with Crippen LogP contribution in [0.3, 0.4) is 0 Å². The monoisotopic (exact) mass is 481 g/mol. The van der Waals surface area contributed by atoms with E-state index in [1.54, 1.807) is 11.8 Å². The van der Waals surface area contributed by atoms with Crippen LogP contribution in [0.1, 0.15) is 0 Å². The van der Waals surface area contributed by atoms with Gasteiger partial charge in [-0.3, -0.25) is 0 Å². The van der Waals surface area contributed by atoms with E-state index in [1.165, 1.54) is 0 Å². The molecular weight excluding hydrogens is 472 g/mol. The molecule has 5 N–H and O–H groups in total. The number of nitrogens with one attached hydrogen (secondary N) is 1. The first-order valence-corrected chi connectivity index (χ1v) is 8.15. The van der Waals surface area contributed by atoms with Crippen molar-refractivity contribution in [2.24, 2.45) is 0 Å². The molecule has 0 spiro atoms. The van der Waals surface area contributed by atoms with E-state index in [-0.39, 0.29) is 0 Å². The molecule has 2 aromatic carbocycles. The molecule has 0 saturated carbocycles. The van der Waals surface area contributed by atoms with Crippen LogP contribution in [0.4, 0.5) is 22.7 Å². The van der Waals surface area contributed by atoms with Gasteiger partial charge < -0.3 is 16.8 Å². The van der Waals surface area contributed by atoms with Gasteiger partial charge in [0.15, 0.2) is 0 Å². The number of nitrogen functional groups attached to an aromatic ring is 2. The Hall–Kier alpha value is -0.350. The van der Waals surface area contributed by atoms with E-state index < -0.39 is 0 Å². The quantitative estimate of drug-likeness (QED) is 0.332. The normalized spacial score (nSPS) is 12.6. The molecular formula is C12H9I2N3S. The smallest absolute Gasteiger partial charge is 0.0663 e. The van der Waals surface area contributed by atoms with Crippen molar-refractivity contribution in [1.29, 1.82) is 0 Å². The maximum absolute atomic E-state index is 5.89. The lowest BCUT2D eigenvalue weighted by atomic mass is 10.2. The van der Waals surface area contributed by atoms with Gasteiger partial charge in [-0.1, -0.05) is 11.8 Å². The van der Waals surface area contributed by atoms with Crippen molar-refractivity contribution in [2.45, 2.75) is 9.79 Å². The minimum atomic E-state index is 0.787. The second-order valence-electron chi connectivity index (χ2n) is 3.98. The summed E-state index contributed by atoms with van der Waals surface area (Å²) in [5.74, 6) is 0. The van der Waals surface area contributed by atoms with Crippen LogP contribution >= 0.6 is 56.9 Å². The highest BCUT2D eigenvalue weighted by atomic mass is 127. The molecule has 1 aliphatic rings. The number of rotatable bonds is 0. The zero-order chi connectivity index (χ0) is 12.9. The van der Waals surface area contributed by atoms with Gasteiger partial charge >= 0.3 is 0 Å². The molecule has 0 aliphatic carbocycles. The summed E-state index contributed by atoms with van der Waals surface area (Å²) in [5.41, 5.74) is 15.6. The average Bonchev–Trinajstić information content (AvgIpc) is 2.26. The lowest BCUT2D eigenvalue weighted by Gasteiger charge is -2.23. The summed E-state index contributed by atoms with van der Waals surface area (Å²) in [6.45, 7) is 0. The molecule has 1 heterocycles. The standard InChI is InChI=1S/C12H9I2N3S/c13-7-1-5(15)3-9-11(7)17-12-8(14)2-6(16)4-10(12)18-9/h1-4,17H,15-16H2. The van der Waals surface area contributed by atoms with E-state index in [0.29, 0.717) is 0 Å². The van der Waals surface area contributed by atoms with E-state index >= 15 is 0 Å². The van der Waals surface area contributed by atoms with Gasteiger partial charge in [0.25, 0.3) is 0 Å². The van der Waals surface area contributed by atoms with Crippen LogP contribution in [-0.2, 0) is 0 Å². The molecule has 0 atom stereocenters. The SMILES string of the molecule is Nc1cc(I)c2c(c1)Sc1cc(N)cc(I)c1N2. The van der Waals surface area contributed by atoms with E-state index in [9.17, 15) is 0 Å². The number of hydrogen-bond donors (Lipinski definition) is 3. The minimum absolute atomic E-state index is 0.787. The molecule has 1 aliphatic heterocycles. The fraction of sp³-hybridized carbons (Fsp3) is 0.